The van der Waals surface area contributed by atoms with Gasteiger partial charge in [-0.1, -0.05) is 11.6 Å². The molecule has 0 radical (unpaired) electrons. The quantitative estimate of drug-likeness (QED) is 0.191. The molecule has 7 rings (SSSR count). The van der Waals surface area contributed by atoms with Gasteiger partial charge in [-0.15, -0.1) is 0 Å². The highest BCUT2D eigenvalue weighted by atomic mass is 35.5. The maximum Gasteiger partial charge on any atom is 0.277 e. The molecule has 2 aliphatic carbocycles. The summed E-state index contributed by atoms with van der Waals surface area (Å²) in [5.74, 6) is 0.223. The van der Waals surface area contributed by atoms with Crippen molar-refractivity contribution in [3.05, 3.63) is 69.6 Å². The van der Waals surface area contributed by atoms with Crippen molar-refractivity contribution in [1.82, 2.24) is 34.8 Å². The van der Waals surface area contributed by atoms with Crippen LogP contribution in [0.2, 0.25) is 5.02 Å². The Bertz CT molecular complexity index is 1970. The van der Waals surface area contributed by atoms with Crippen LogP contribution in [0.1, 0.15) is 48.7 Å². The number of fused-ring (bicyclic) bond motifs is 1. The largest absolute Gasteiger partial charge is 0.384 e. The van der Waals surface area contributed by atoms with Crippen LogP contribution in [0.15, 0.2) is 47.8 Å². The van der Waals surface area contributed by atoms with Crippen LogP contribution >= 0.6 is 11.6 Å². The summed E-state index contributed by atoms with van der Waals surface area (Å²) in [4.78, 5) is 72.9. The first-order valence-corrected chi connectivity index (χ1v) is 14.6. The number of halogens is 1. The zero-order valence-corrected chi connectivity index (χ0v) is 24.6. The van der Waals surface area contributed by atoms with E-state index in [2.05, 4.69) is 46.2 Å². The van der Waals surface area contributed by atoms with E-state index in [0.717, 1.165) is 25.7 Å². The molecule has 2 fully saturated rings. The lowest BCUT2D eigenvalue weighted by molar-refractivity contribution is -0.118. The SMILES string of the molecule is CC1(c2cncc(-c3nc(N)cc(NC(=O)C4CC4)n3)c2)NC(=O)c2c(Cl)cc(Nc3cc(NC(=O)C4CC4)ncn3)c(=O)n21. The lowest BCUT2D eigenvalue weighted by Gasteiger charge is -2.28. The molecule has 2 saturated carbocycles. The monoisotopic (exact) mass is 627 g/mol. The van der Waals surface area contributed by atoms with E-state index in [9.17, 15) is 19.2 Å². The summed E-state index contributed by atoms with van der Waals surface area (Å²) in [6, 6.07) is 5.98. The minimum Gasteiger partial charge on any atom is -0.384 e. The van der Waals surface area contributed by atoms with Crippen LogP contribution in [-0.4, -0.2) is 47.2 Å². The third kappa shape index (κ3) is 5.42. The van der Waals surface area contributed by atoms with Gasteiger partial charge in [0.1, 0.15) is 46.6 Å². The molecule has 5 heterocycles. The van der Waals surface area contributed by atoms with Crippen molar-refractivity contribution in [3.8, 4) is 11.4 Å². The number of amides is 3. The van der Waals surface area contributed by atoms with Crippen LogP contribution in [-0.2, 0) is 15.3 Å². The fourth-order valence-corrected chi connectivity index (χ4v) is 5.40. The van der Waals surface area contributed by atoms with Gasteiger partial charge in [-0.3, -0.25) is 28.7 Å². The Hall–Kier alpha value is -5.44. The Morgan fingerprint density at radius 1 is 0.956 bits per heavy atom. The summed E-state index contributed by atoms with van der Waals surface area (Å²) in [7, 11) is 0. The number of carbonyl (C=O) groups excluding carboxylic acids is 3. The van der Waals surface area contributed by atoms with Crippen LogP contribution in [0.25, 0.3) is 11.4 Å². The maximum absolute atomic E-state index is 14.0. The third-order valence-electron chi connectivity index (χ3n) is 7.81. The second-order valence-electron chi connectivity index (χ2n) is 11.3. The lowest BCUT2D eigenvalue weighted by atomic mass is 10.0. The summed E-state index contributed by atoms with van der Waals surface area (Å²) >= 11 is 6.56. The number of nitrogen functional groups attached to an aromatic ring is 1. The molecule has 4 aromatic heterocycles. The third-order valence-corrected chi connectivity index (χ3v) is 8.09. The highest BCUT2D eigenvalue weighted by molar-refractivity contribution is 6.34. The van der Waals surface area contributed by atoms with E-state index >= 15 is 0 Å². The molecular weight excluding hydrogens is 602 g/mol. The number of aromatic nitrogens is 6. The minimum absolute atomic E-state index is 0.0201. The Labute approximate surface area is 260 Å². The molecule has 1 aliphatic heterocycles. The topological polar surface area (TPSA) is 212 Å². The van der Waals surface area contributed by atoms with Crippen LogP contribution in [0, 0.1) is 11.8 Å². The number of nitrogens with one attached hydrogen (secondary N) is 4. The second kappa shape index (κ2) is 10.6. The summed E-state index contributed by atoms with van der Waals surface area (Å²) in [6.45, 7) is 1.64. The Balaban J connectivity index is 1.23. The van der Waals surface area contributed by atoms with Crippen LogP contribution in [0.5, 0.6) is 0 Å². The molecule has 1 unspecified atom stereocenters. The van der Waals surface area contributed by atoms with Gasteiger partial charge in [0.2, 0.25) is 11.8 Å². The molecule has 0 spiro atoms. The fraction of sp³-hybridized carbons (Fsp3) is 0.276. The maximum atomic E-state index is 14.0. The highest BCUT2D eigenvalue weighted by Crippen LogP contribution is 2.35. The van der Waals surface area contributed by atoms with Gasteiger partial charge in [0, 0.05) is 47.5 Å². The number of nitrogens with two attached hydrogens (primary N) is 1. The fourth-order valence-electron chi connectivity index (χ4n) is 5.12. The van der Waals surface area contributed by atoms with Crippen molar-refractivity contribution in [2.24, 2.45) is 11.8 Å². The van der Waals surface area contributed by atoms with E-state index in [1.54, 1.807) is 13.0 Å². The van der Waals surface area contributed by atoms with Crippen molar-refractivity contribution in [3.63, 3.8) is 0 Å². The van der Waals surface area contributed by atoms with Crippen molar-refractivity contribution < 1.29 is 14.4 Å². The van der Waals surface area contributed by atoms with Gasteiger partial charge in [0.25, 0.3) is 11.5 Å². The molecule has 15 nitrogen and oxygen atoms in total. The van der Waals surface area contributed by atoms with Crippen molar-refractivity contribution >= 4 is 58.3 Å². The van der Waals surface area contributed by atoms with E-state index in [1.807, 2.05) is 0 Å². The first-order chi connectivity index (χ1) is 21.6. The molecule has 3 aliphatic rings. The van der Waals surface area contributed by atoms with Crippen molar-refractivity contribution in [2.75, 3.05) is 21.7 Å². The summed E-state index contributed by atoms with van der Waals surface area (Å²) in [6.07, 6.45) is 7.59. The van der Waals surface area contributed by atoms with E-state index in [1.165, 1.54) is 41.5 Å². The Morgan fingerprint density at radius 2 is 1.64 bits per heavy atom. The average molecular weight is 628 g/mol. The molecule has 228 valence electrons. The van der Waals surface area contributed by atoms with Crippen LogP contribution in [0.3, 0.4) is 0 Å². The number of hydrogen-bond donors (Lipinski definition) is 5. The van der Waals surface area contributed by atoms with Crippen molar-refractivity contribution in [2.45, 2.75) is 38.3 Å². The van der Waals surface area contributed by atoms with Gasteiger partial charge in [-0.2, -0.15) is 0 Å². The molecule has 0 bridgehead atoms. The second-order valence-corrected chi connectivity index (χ2v) is 11.7. The molecule has 4 aromatic rings. The van der Waals surface area contributed by atoms with Gasteiger partial charge >= 0.3 is 0 Å². The molecule has 6 N–H and O–H groups in total. The van der Waals surface area contributed by atoms with E-state index < -0.39 is 17.1 Å². The zero-order valence-electron chi connectivity index (χ0n) is 23.8. The van der Waals surface area contributed by atoms with Gasteiger partial charge in [-0.25, -0.2) is 19.9 Å². The van der Waals surface area contributed by atoms with Crippen LogP contribution in [0.4, 0.5) is 29.0 Å². The number of carbonyl (C=O) groups is 3. The summed E-state index contributed by atoms with van der Waals surface area (Å²) in [5, 5.41) is 11.3. The zero-order chi connectivity index (χ0) is 31.5. The van der Waals surface area contributed by atoms with E-state index in [4.69, 9.17) is 17.3 Å². The van der Waals surface area contributed by atoms with Gasteiger partial charge < -0.3 is 27.0 Å². The Morgan fingerprint density at radius 3 is 2.36 bits per heavy atom. The lowest BCUT2D eigenvalue weighted by Crippen LogP contribution is -2.46. The molecule has 3 amide bonds. The number of anilines is 5. The summed E-state index contributed by atoms with van der Waals surface area (Å²) < 4.78 is 1.25. The molecule has 45 heavy (non-hydrogen) atoms. The van der Waals surface area contributed by atoms with Crippen molar-refractivity contribution in [1.29, 1.82) is 0 Å². The van der Waals surface area contributed by atoms with Gasteiger partial charge in [0.05, 0.1) is 5.02 Å². The number of nitrogens with zero attached hydrogens (tertiary/aromatic N) is 6. The van der Waals surface area contributed by atoms with Gasteiger partial charge in [0.15, 0.2) is 5.82 Å². The molecule has 1 atom stereocenters. The first-order valence-electron chi connectivity index (χ1n) is 14.2. The highest BCUT2D eigenvalue weighted by Gasteiger charge is 2.43. The standard InChI is InChI=1S/C29H26ClN11O4/c1-29(16-6-15(10-32-11-16)24-36-19(31)8-22(37-24)39-26(43)14-4-5-14)40-27(44)23-17(30)7-18(28(45)41(23)29)35-20-9-21(34-12-33-20)38-25(42)13-2-3-13/h6-14H,2-5H2,1H3,(H,40,44)(H3,31,36,37,39,43)(H2,33,34,35,38,42). The van der Waals surface area contributed by atoms with E-state index in [0.29, 0.717) is 11.1 Å². The number of hydrogen-bond acceptors (Lipinski definition) is 11. The number of rotatable bonds is 8. The smallest absolute Gasteiger partial charge is 0.277 e. The molecule has 0 aromatic carbocycles. The predicted octanol–water partition coefficient (Wildman–Crippen LogP) is 2.63. The first kappa shape index (κ1) is 28.3. The summed E-state index contributed by atoms with van der Waals surface area (Å²) in [5.41, 5.74) is 4.87. The van der Waals surface area contributed by atoms with E-state index in [-0.39, 0.29) is 69.1 Å². The normalized spacial score (nSPS) is 18.6. The Kier molecular flexibility index (Phi) is 6.69. The van der Waals surface area contributed by atoms with Crippen LogP contribution < -0.4 is 32.6 Å². The minimum atomic E-state index is -1.42. The average Bonchev–Trinajstić information content (AvgIpc) is 3.92. The predicted molar refractivity (Wildman–Crippen MR) is 164 cm³/mol. The molecule has 16 heteroatoms. The molecule has 0 saturated heterocycles. The molecular formula is C29H26ClN11O4. The van der Waals surface area contributed by atoms with Gasteiger partial charge in [-0.05, 0) is 44.7 Å². The number of pyridine rings is 2.